The number of alkyl carbamates (subject to hydrolysis) is 1. The number of carboxylic acid groups (broad SMARTS) is 1. The first-order chi connectivity index (χ1) is 16.3. The van der Waals surface area contributed by atoms with Crippen molar-refractivity contribution in [2.24, 2.45) is 11.8 Å². The summed E-state index contributed by atoms with van der Waals surface area (Å²) in [6.07, 6.45) is 0.533. The summed E-state index contributed by atoms with van der Waals surface area (Å²) < 4.78 is 5.59. The van der Waals surface area contributed by atoms with Crippen molar-refractivity contribution in [3.8, 4) is 11.1 Å². The fraction of sp³-hybridized carbons (Fsp3) is 0.444. The summed E-state index contributed by atoms with van der Waals surface area (Å²) in [4.78, 5) is 37.3. The van der Waals surface area contributed by atoms with Gasteiger partial charge in [0.05, 0.1) is 0 Å². The van der Waals surface area contributed by atoms with Gasteiger partial charge in [-0.1, -0.05) is 89.1 Å². The normalized spacial score (nSPS) is 15.9. The third-order valence-electron chi connectivity index (χ3n) is 6.89. The summed E-state index contributed by atoms with van der Waals surface area (Å²) in [5.74, 6) is -2.14. The van der Waals surface area contributed by atoms with E-state index in [2.05, 4.69) is 22.8 Å². The molecule has 34 heavy (non-hydrogen) atoms. The van der Waals surface area contributed by atoms with Crippen molar-refractivity contribution in [3.63, 3.8) is 0 Å². The van der Waals surface area contributed by atoms with Gasteiger partial charge in [0.15, 0.2) is 0 Å². The highest BCUT2D eigenvalue weighted by Gasteiger charge is 2.33. The standard InChI is InChI=1S/C27H34N2O5/c1-5-16(3)23(25(30)28-24(26(31)32)17(4)6-2)29-27(33)34-15-22-20-13-9-7-11-18(20)19-12-8-10-14-21(19)22/h7-14,16-17,22-24H,5-6,15H2,1-4H3,(H,28,30)(H,29,33)(H,31,32)/t16?,17?,23-,24-/m0/s1. The van der Waals surface area contributed by atoms with Crippen molar-refractivity contribution in [2.75, 3.05) is 6.61 Å². The molecule has 0 aliphatic heterocycles. The molecule has 0 heterocycles. The smallest absolute Gasteiger partial charge is 0.407 e. The predicted molar refractivity (Wildman–Crippen MR) is 130 cm³/mol. The molecule has 0 saturated heterocycles. The van der Waals surface area contributed by atoms with Gasteiger partial charge in [0.2, 0.25) is 5.91 Å². The summed E-state index contributed by atoms with van der Waals surface area (Å²) in [6, 6.07) is 14.2. The van der Waals surface area contributed by atoms with E-state index in [1.54, 1.807) is 6.92 Å². The molecule has 7 nitrogen and oxygen atoms in total. The van der Waals surface area contributed by atoms with Crippen LogP contribution in [0.1, 0.15) is 57.6 Å². The summed E-state index contributed by atoms with van der Waals surface area (Å²) in [5.41, 5.74) is 4.47. The van der Waals surface area contributed by atoms with Gasteiger partial charge in [-0.3, -0.25) is 4.79 Å². The molecule has 2 amide bonds. The van der Waals surface area contributed by atoms with E-state index < -0.39 is 30.1 Å². The molecule has 3 rings (SSSR count). The third kappa shape index (κ3) is 5.41. The summed E-state index contributed by atoms with van der Waals surface area (Å²) >= 11 is 0. The van der Waals surface area contributed by atoms with Crippen LogP contribution in [0.3, 0.4) is 0 Å². The van der Waals surface area contributed by atoms with Crippen LogP contribution >= 0.6 is 0 Å². The molecule has 0 bridgehead atoms. The summed E-state index contributed by atoms with van der Waals surface area (Å²) in [5, 5.41) is 14.8. The second kappa shape index (κ2) is 11.2. The Bertz CT molecular complexity index is 992. The van der Waals surface area contributed by atoms with Crippen molar-refractivity contribution in [3.05, 3.63) is 59.7 Å². The van der Waals surface area contributed by atoms with Crippen LogP contribution in [0.2, 0.25) is 0 Å². The van der Waals surface area contributed by atoms with Gasteiger partial charge in [-0.15, -0.1) is 0 Å². The molecule has 0 aromatic heterocycles. The molecule has 7 heteroatoms. The Kier molecular flexibility index (Phi) is 8.31. The molecule has 2 aromatic rings. The second-order valence-corrected chi connectivity index (χ2v) is 9.04. The molecular formula is C27H34N2O5. The Morgan fingerprint density at radius 2 is 1.35 bits per heavy atom. The molecule has 0 saturated carbocycles. The average Bonchev–Trinajstić information content (AvgIpc) is 3.17. The maximum atomic E-state index is 13.0. The van der Waals surface area contributed by atoms with Gasteiger partial charge in [0, 0.05) is 5.92 Å². The maximum Gasteiger partial charge on any atom is 0.407 e. The van der Waals surface area contributed by atoms with Crippen LogP contribution in [0.25, 0.3) is 11.1 Å². The lowest BCUT2D eigenvalue weighted by Gasteiger charge is -2.27. The molecule has 1 aliphatic carbocycles. The Morgan fingerprint density at radius 3 is 1.85 bits per heavy atom. The minimum Gasteiger partial charge on any atom is -0.480 e. The largest absolute Gasteiger partial charge is 0.480 e. The number of ether oxygens (including phenoxy) is 1. The van der Waals surface area contributed by atoms with Gasteiger partial charge in [-0.2, -0.15) is 0 Å². The van der Waals surface area contributed by atoms with E-state index in [1.807, 2.05) is 57.2 Å². The van der Waals surface area contributed by atoms with E-state index in [-0.39, 0.29) is 24.4 Å². The summed E-state index contributed by atoms with van der Waals surface area (Å²) in [6.45, 7) is 7.53. The van der Waals surface area contributed by atoms with Crippen LogP contribution in [0, 0.1) is 11.8 Å². The fourth-order valence-corrected chi connectivity index (χ4v) is 4.40. The number of hydrogen-bond donors (Lipinski definition) is 3. The SMILES string of the molecule is CCC(C)[C@H](NC(=O)[C@@H](NC(=O)OCC1c2ccccc2-c2ccccc21)C(C)CC)C(=O)O. The van der Waals surface area contributed by atoms with Crippen molar-refractivity contribution in [2.45, 2.75) is 58.5 Å². The number of amides is 2. The zero-order valence-corrected chi connectivity index (χ0v) is 20.2. The lowest BCUT2D eigenvalue weighted by molar-refractivity contribution is -0.143. The van der Waals surface area contributed by atoms with E-state index in [1.165, 1.54) is 0 Å². The highest BCUT2D eigenvalue weighted by molar-refractivity contribution is 5.89. The predicted octanol–water partition coefficient (Wildman–Crippen LogP) is 4.56. The highest BCUT2D eigenvalue weighted by Crippen LogP contribution is 2.44. The molecule has 1 aliphatic rings. The van der Waals surface area contributed by atoms with E-state index in [4.69, 9.17) is 4.74 Å². The first kappa shape index (κ1) is 25.3. The van der Waals surface area contributed by atoms with E-state index >= 15 is 0 Å². The van der Waals surface area contributed by atoms with Crippen LogP contribution in [0.4, 0.5) is 4.79 Å². The molecule has 0 spiro atoms. The number of hydrogen-bond acceptors (Lipinski definition) is 4. The number of fused-ring (bicyclic) bond motifs is 3. The van der Waals surface area contributed by atoms with E-state index in [0.29, 0.717) is 12.8 Å². The third-order valence-corrected chi connectivity index (χ3v) is 6.89. The molecular weight excluding hydrogens is 432 g/mol. The number of carbonyl (C=O) groups is 3. The first-order valence-electron chi connectivity index (χ1n) is 11.9. The van der Waals surface area contributed by atoms with Crippen LogP contribution in [-0.4, -0.2) is 41.8 Å². The fourth-order valence-electron chi connectivity index (χ4n) is 4.40. The topological polar surface area (TPSA) is 105 Å². The van der Waals surface area contributed by atoms with E-state index in [0.717, 1.165) is 22.3 Å². The molecule has 2 aromatic carbocycles. The van der Waals surface area contributed by atoms with Crippen LogP contribution in [0.15, 0.2) is 48.5 Å². The molecule has 3 N–H and O–H groups in total. The van der Waals surface area contributed by atoms with Crippen LogP contribution in [-0.2, 0) is 14.3 Å². The van der Waals surface area contributed by atoms with Crippen molar-refractivity contribution in [1.82, 2.24) is 10.6 Å². The first-order valence-corrected chi connectivity index (χ1v) is 11.9. The molecule has 2 unspecified atom stereocenters. The van der Waals surface area contributed by atoms with Crippen molar-refractivity contribution >= 4 is 18.0 Å². The quantitative estimate of drug-likeness (QED) is 0.476. The van der Waals surface area contributed by atoms with Crippen molar-refractivity contribution < 1.29 is 24.2 Å². The van der Waals surface area contributed by atoms with Gasteiger partial charge in [-0.25, -0.2) is 9.59 Å². The average molecular weight is 467 g/mol. The van der Waals surface area contributed by atoms with Crippen LogP contribution in [0.5, 0.6) is 0 Å². The van der Waals surface area contributed by atoms with Gasteiger partial charge in [0.1, 0.15) is 18.7 Å². The number of benzene rings is 2. The molecule has 182 valence electrons. The zero-order chi connectivity index (χ0) is 24.8. The number of aliphatic carboxylic acids is 1. The van der Waals surface area contributed by atoms with Gasteiger partial charge < -0.3 is 20.5 Å². The van der Waals surface area contributed by atoms with Crippen LogP contribution < -0.4 is 10.6 Å². The lowest BCUT2D eigenvalue weighted by atomic mass is 9.95. The zero-order valence-electron chi connectivity index (χ0n) is 20.2. The Balaban J connectivity index is 1.69. The minimum absolute atomic E-state index is 0.0872. The molecule has 4 atom stereocenters. The van der Waals surface area contributed by atoms with Gasteiger partial charge in [0.25, 0.3) is 0 Å². The number of nitrogens with one attached hydrogen (secondary N) is 2. The number of carboxylic acids is 1. The Morgan fingerprint density at radius 1 is 0.853 bits per heavy atom. The van der Waals surface area contributed by atoms with Gasteiger partial charge >= 0.3 is 12.1 Å². The van der Waals surface area contributed by atoms with Crippen molar-refractivity contribution in [1.29, 1.82) is 0 Å². The Labute approximate surface area is 200 Å². The number of rotatable bonds is 10. The Hall–Kier alpha value is -3.35. The van der Waals surface area contributed by atoms with Gasteiger partial charge in [-0.05, 0) is 34.1 Å². The number of carbonyl (C=O) groups excluding carboxylic acids is 2. The highest BCUT2D eigenvalue weighted by atomic mass is 16.5. The molecule has 0 radical (unpaired) electrons. The summed E-state index contributed by atoms with van der Waals surface area (Å²) in [7, 11) is 0. The second-order valence-electron chi connectivity index (χ2n) is 9.04. The molecule has 0 fully saturated rings. The monoisotopic (exact) mass is 466 g/mol. The minimum atomic E-state index is -1.09. The lowest BCUT2D eigenvalue weighted by Crippen LogP contribution is -2.55. The maximum absolute atomic E-state index is 13.0. The van der Waals surface area contributed by atoms with E-state index in [9.17, 15) is 19.5 Å².